The van der Waals surface area contributed by atoms with Crippen LogP contribution in [0.1, 0.15) is 29.2 Å². The summed E-state index contributed by atoms with van der Waals surface area (Å²) in [6.45, 7) is 3.48. The molecule has 0 bridgehead atoms. The smallest absolute Gasteiger partial charge is 0.314 e. The molecule has 4 rings (SSSR count). The van der Waals surface area contributed by atoms with E-state index in [9.17, 15) is 32.2 Å². The predicted octanol–water partition coefficient (Wildman–Crippen LogP) is 2.81. The number of rotatable bonds is 6. The number of halogens is 4. The highest BCUT2D eigenvalue weighted by molar-refractivity contribution is 7.85. The van der Waals surface area contributed by atoms with Crippen LogP contribution in [0.25, 0.3) is 10.9 Å². The number of hydrogen-bond donors (Lipinski definition) is 2. The van der Waals surface area contributed by atoms with Gasteiger partial charge in [0.15, 0.2) is 0 Å². The molecule has 8 nitrogen and oxygen atoms in total. The molecule has 1 unspecified atom stereocenters. The molecule has 13 heteroatoms. The molecule has 1 aliphatic heterocycles. The van der Waals surface area contributed by atoms with Crippen molar-refractivity contribution in [3.63, 3.8) is 0 Å². The van der Waals surface area contributed by atoms with Crippen molar-refractivity contribution < 1.29 is 17.4 Å². The number of nitrogens with one attached hydrogen (secondary N) is 2. The number of H-pyrrole nitrogens is 1. The van der Waals surface area contributed by atoms with E-state index in [1.165, 1.54) is 18.2 Å². The van der Waals surface area contributed by atoms with Gasteiger partial charge in [0.1, 0.15) is 0 Å². The number of piperazine rings is 1. The fourth-order valence-electron chi connectivity index (χ4n) is 4.36. The van der Waals surface area contributed by atoms with Crippen LogP contribution in [0, 0.1) is 11.3 Å². The van der Waals surface area contributed by atoms with Crippen molar-refractivity contribution in [3.05, 3.63) is 72.4 Å². The Balaban J connectivity index is 1.89. The Labute approximate surface area is 217 Å². The van der Waals surface area contributed by atoms with Gasteiger partial charge in [-0.05, 0) is 35.4 Å². The molecule has 1 aromatic heterocycles. The zero-order valence-corrected chi connectivity index (χ0v) is 21.3. The summed E-state index contributed by atoms with van der Waals surface area (Å²) in [7, 11) is -1.47. The Bertz CT molecular complexity index is 1540. The quantitative estimate of drug-likeness (QED) is 0.486. The second-order valence-corrected chi connectivity index (χ2v) is 10.6. The third kappa shape index (κ3) is 5.50. The molecular formula is C24H23ClF3N5O3S. The normalized spacial score (nSPS) is 15.6. The number of hydrogen-bond acceptors (Lipinski definition) is 6. The Morgan fingerprint density at radius 2 is 1.86 bits per heavy atom. The van der Waals surface area contributed by atoms with Gasteiger partial charge in [0.2, 0.25) is 0 Å². The lowest BCUT2D eigenvalue weighted by Gasteiger charge is -2.29. The minimum Gasteiger partial charge on any atom is -0.314 e. The lowest BCUT2D eigenvalue weighted by atomic mass is 10.0. The van der Waals surface area contributed by atoms with Crippen LogP contribution < -0.4 is 16.6 Å². The van der Waals surface area contributed by atoms with Crippen molar-refractivity contribution >= 4 is 33.3 Å². The lowest BCUT2D eigenvalue weighted by molar-refractivity contribution is -0.138. The summed E-state index contributed by atoms with van der Waals surface area (Å²) >= 11 is 6.42. The van der Waals surface area contributed by atoms with E-state index in [1.807, 2.05) is 11.0 Å². The molecule has 2 aromatic carbocycles. The van der Waals surface area contributed by atoms with Crippen molar-refractivity contribution in [1.29, 1.82) is 5.26 Å². The van der Waals surface area contributed by atoms with Crippen LogP contribution in [-0.4, -0.2) is 50.6 Å². The number of nitriles is 1. The second-order valence-electron chi connectivity index (χ2n) is 8.55. The fourth-order valence-corrected chi connectivity index (χ4v) is 5.62. The molecule has 0 radical (unpaired) electrons. The fraction of sp³-hybridized carbons (Fsp3) is 0.375. The number of aromatic nitrogens is 2. The van der Waals surface area contributed by atoms with Gasteiger partial charge < -0.3 is 10.3 Å². The van der Waals surface area contributed by atoms with Crippen molar-refractivity contribution in [1.82, 2.24) is 19.8 Å². The molecular weight excluding hydrogens is 531 g/mol. The number of nitrogens with zero attached hydrogens (tertiary/aromatic N) is 3. The Kier molecular flexibility index (Phi) is 7.89. The second kappa shape index (κ2) is 10.8. The van der Waals surface area contributed by atoms with Crippen molar-refractivity contribution in [2.24, 2.45) is 0 Å². The lowest BCUT2D eigenvalue weighted by Crippen LogP contribution is -2.43. The summed E-state index contributed by atoms with van der Waals surface area (Å²) in [5.41, 5.74) is -2.79. The third-order valence-corrected chi connectivity index (χ3v) is 8.07. The van der Waals surface area contributed by atoms with Crippen molar-refractivity contribution in [2.45, 2.75) is 31.1 Å². The first-order valence-electron chi connectivity index (χ1n) is 11.4. The van der Waals surface area contributed by atoms with Crippen LogP contribution in [0.5, 0.6) is 0 Å². The van der Waals surface area contributed by atoms with Crippen LogP contribution in [0.15, 0.2) is 38.8 Å². The summed E-state index contributed by atoms with van der Waals surface area (Å²) < 4.78 is 55.5. The van der Waals surface area contributed by atoms with Crippen LogP contribution in [0.3, 0.4) is 0 Å². The highest BCUT2D eigenvalue weighted by atomic mass is 35.5. The van der Waals surface area contributed by atoms with Gasteiger partial charge in [-0.2, -0.15) is 18.4 Å². The van der Waals surface area contributed by atoms with Crippen molar-refractivity contribution in [3.8, 4) is 6.07 Å². The molecule has 2 heterocycles. The van der Waals surface area contributed by atoms with E-state index in [-0.39, 0.29) is 46.1 Å². The summed E-state index contributed by atoms with van der Waals surface area (Å²) in [4.78, 5) is 30.9. The molecule has 1 saturated heterocycles. The maximum atomic E-state index is 14.1. The minimum atomic E-state index is -4.79. The largest absolute Gasteiger partial charge is 0.416 e. The molecule has 0 spiro atoms. The SMILES string of the molecule is CCS(=O)c1ccc(C#N)cc1Cn1c(=O)[nH]c2c(Cl)c(CN3CCNCC3)c(C(F)(F)F)cc2c1=O. The highest BCUT2D eigenvalue weighted by Gasteiger charge is 2.36. The first kappa shape index (κ1) is 27.1. The first-order chi connectivity index (χ1) is 17.5. The monoisotopic (exact) mass is 553 g/mol. The van der Waals surface area contributed by atoms with E-state index < -0.39 is 39.2 Å². The molecule has 0 aliphatic carbocycles. The Morgan fingerprint density at radius 1 is 1.16 bits per heavy atom. The molecule has 37 heavy (non-hydrogen) atoms. The summed E-state index contributed by atoms with van der Waals surface area (Å²) in [5.74, 6) is 0.252. The van der Waals surface area contributed by atoms with Gasteiger partial charge in [0, 0.05) is 43.4 Å². The van der Waals surface area contributed by atoms with Gasteiger partial charge in [-0.25, -0.2) is 4.79 Å². The summed E-state index contributed by atoms with van der Waals surface area (Å²) in [6.07, 6.45) is -4.79. The van der Waals surface area contributed by atoms with Gasteiger partial charge in [-0.15, -0.1) is 0 Å². The first-order valence-corrected chi connectivity index (χ1v) is 13.1. The average Bonchev–Trinajstić information content (AvgIpc) is 2.87. The molecule has 1 aliphatic rings. The maximum Gasteiger partial charge on any atom is 0.416 e. The van der Waals surface area contributed by atoms with E-state index in [0.29, 0.717) is 31.1 Å². The molecule has 0 amide bonds. The number of fused-ring (bicyclic) bond motifs is 1. The third-order valence-electron chi connectivity index (χ3n) is 6.24. The number of benzene rings is 2. The van der Waals surface area contributed by atoms with Crippen LogP contribution >= 0.6 is 11.6 Å². The highest BCUT2D eigenvalue weighted by Crippen LogP contribution is 2.38. The molecule has 1 fully saturated rings. The van der Waals surface area contributed by atoms with Gasteiger partial charge in [0.05, 0.1) is 50.5 Å². The summed E-state index contributed by atoms with van der Waals surface area (Å²) in [6, 6.07) is 7.03. The van der Waals surface area contributed by atoms with E-state index in [2.05, 4.69) is 10.3 Å². The van der Waals surface area contributed by atoms with Gasteiger partial charge in [-0.1, -0.05) is 18.5 Å². The molecule has 3 aromatic rings. The predicted molar refractivity (Wildman–Crippen MR) is 134 cm³/mol. The number of aromatic amines is 1. The minimum absolute atomic E-state index is 0.0937. The average molecular weight is 554 g/mol. The topological polar surface area (TPSA) is 111 Å². The van der Waals surface area contributed by atoms with E-state index in [4.69, 9.17) is 11.6 Å². The van der Waals surface area contributed by atoms with Gasteiger partial charge >= 0.3 is 11.9 Å². The zero-order chi connectivity index (χ0) is 26.9. The van der Waals surface area contributed by atoms with E-state index in [1.54, 1.807) is 6.92 Å². The van der Waals surface area contributed by atoms with Crippen LogP contribution in [0.4, 0.5) is 13.2 Å². The van der Waals surface area contributed by atoms with Gasteiger partial charge in [0.25, 0.3) is 5.56 Å². The Morgan fingerprint density at radius 3 is 2.49 bits per heavy atom. The van der Waals surface area contributed by atoms with E-state index in [0.717, 1.165) is 10.6 Å². The maximum absolute atomic E-state index is 14.1. The number of alkyl halides is 3. The zero-order valence-electron chi connectivity index (χ0n) is 19.7. The standard InChI is InChI=1S/C24H23ClF3N5O3S/c1-2-37(36)19-4-3-14(11-29)9-15(19)12-33-22(34)16-10-18(24(26,27)28)17(13-32-7-5-30-6-8-32)20(25)21(16)31-23(33)35/h3-4,9-10,30H,2,5-8,12-13H2,1H3,(H,31,35). The van der Waals surface area contributed by atoms with Crippen molar-refractivity contribution in [2.75, 3.05) is 31.9 Å². The van der Waals surface area contributed by atoms with Gasteiger partial charge in [-0.3, -0.25) is 18.5 Å². The van der Waals surface area contributed by atoms with Crippen LogP contribution in [0.2, 0.25) is 5.02 Å². The van der Waals surface area contributed by atoms with E-state index >= 15 is 0 Å². The Hall–Kier alpha value is -2.98. The summed E-state index contributed by atoms with van der Waals surface area (Å²) in [5, 5.41) is 11.7. The molecule has 2 N–H and O–H groups in total. The molecule has 1 atom stereocenters. The molecule has 0 saturated carbocycles. The van der Waals surface area contributed by atoms with Crippen LogP contribution in [-0.2, 0) is 30.1 Å². The molecule has 196 valence electrons.